The Morgan fingerprint density at radius 1 is 0.879 bits per heavy atom. The van der Waals surface area contributed by atoms with Gasteiger partial charge in [-0.1, -0.05) is 54.6 Å². The summed E-state index contributed by atoms with van der Waals surface area (Å²) in [6, 6.07) is 16.1. The minimum Gasteiger partial charge on any atom is -0.347 e. The van der Waals surface area contributed by atoms with Gasteiger partial charge in [-0.05, 0) is 42.5 Å². The van der Waals surface area contributed by atoms with Crippen molar-refractivity contribution in [2.24, 2.45) is 11.8 Å². The van der Waals surface area contributed by atoms with Crippen molar-refractivity contribution in [1.82, 2.24) is 14.8 Å². The van der Waals surface area contributed by atoms with Gasteiger partial charge >= 0.3 is 0 Å². The second-order valence-electron chi connectivity index (χ2n) is 8.76. The fraction of sp³-hybridized carbons (Fsp3) is 0.280. The molecular formula is C25H22FN5O2. The van der Waals surface area contributed by atoms with E-state index in [1.54, 1.807) is 16.8 Å². The summed E-state index contributed by atoms with van der Waals surface area (Å²) in [5, 5.41) is 8.03. The van der Waals surface area contributed by atoms with Gasteiger partial charge in [0.25, 0.3) is 5.95 Å². The summed E-state index contributed by atoms with van der Waals surface area (Å²) in [7, 11) is 0. The molecule has 1 aliphatic carbocycles. The van der Waals surface area contributed by atoms with Gasteiger partial charge in [-0.2, -0.15) is 4.98 Å². The lowest BCUT2D eigenvalue weighted by atomic mass is 9.85. The smallest absolute Gasteiger partial charge is 0.260 e. The summed E-state index contributed by atoms with van der Waals surface area (Å²) in [6.07, 6.45) is 5.69. The molecule has 0 unspecified atom stereocenters. The highest BCUT2D eigenvalue weighted by atomic mass is 19.1. The SMILES string of the molecule is O=C1[C@H]2CC=CC[C@H]2C(=O)N1c1nc2n(n1)[C@H](c1ccc(F)cc1)C[C@H](c1ccccc1)N2. The predicted molar refractivity (Wildman–Crippen MR) is 120 cm³/mol. The highest BCUT2D eigenvalue weighted by Crippen LogP contribution is 2.41. The molecule has 1 aromatic heterocycles. The van der Waals surface area contributed by atoms with Crippen LogP contribution in [0.5, 0.6) is 0 Å². The van der Waals surface area contributed by atoms with E-state index in [9.17, 15) is 14.0 Å². The number of hydrogen-bond donors (Lipinski definition) is 1. The summed E-state index contributed by atoms with van der Waals surface area (Å²) >= 11 is 0. The molecule has 1 fully saturated rings. The van der Waals surface area contributed by atoms with E-state index in [0.717, 1.165) is 16.0 Å². The topological polar surface area (TPSA) is 80.1 Å². The van der Waals surface area contributed by atoms with Crippen LogP contribution in [0.25, 0.3) is 0 Å². The highest BCUT2D eigenvalue weighted by molar-refractivity contribution is 6.21. The van der Waals surface area contributed by atoms with E-state index < -0.39 is 0 Å². The molecule has 0 radical (unpaired) electrons. The van der Waals surface area contributed by atoms with E-state index in [-0.39, 0.29) is 47.5 Å². The van der Waals surface area contributed by atoms with Gasteiger partial charge in [-0.25, -0.2) is 14.0 Å². The normalized spacial score (nSPS) is 26.2. The largest absolute Gasteiger partial charge is 0.347 e. The van der Waals surface area contributed by atoms with Gasteiger partial charge < -0.3 is 5.32 Å². The van der Waals surface area contributed by atoms with Gasteiger partial charge in [-0.15, -0.1) is 5.10 Å². The van der Waals surface area contributed by atoms with Crippen LogP contribution in [0.1, 0.15) is 42.5 Å². The molecule has 3 aromatic rings. The predicted octanol–water partition coefficient (Wildman–Crippen LogP) is 4.02. The van der Waals surface area contributed by atoms with Crippen LogP contribution in [0.15, 0.2) is 66.7 Å². The Morgan fingerprint density at radius 2 is 1.55 bits per heavy atom. The monoisotopic (exact) mass is 443 g/mol. The minimum atomic E-state index is -0.346. The molecule has 7 nitrogen and oxygen atoms in total. The van der Waals surface area contributed by atoms with Gasteiger partial charge in [0.1, 0.15) is 5.82 Å². The first kappa shape index (κ1) is 19.8. The zero-order valence-corrected chi connectivity index (χ0v) is 17.8. The molecule has 6 rings (SSSR count). The Hall–Kier alpha value is -3.81. The first-order valence-electron chi connectivity index (χ1n) is 11.2. The van der Waals surface area contributed by atoms with Gasteiger partial charge in [0.15, 0.2) is 0 Å². The van der Waals surface area contributed by atoms with Crippen LogP contribution in [0.4, 0.5) is 16.3 Å². The molecular weight excluding hydrogens is 421 g/mol. The molecule has 1 saturated heterocycles. The fourth-order valence-corrected chi connectivity index (χ4v) is 5.12. The molecule has 33 heavy (non-hydrogen) atoms. The van der Waals surface area contributed by atoms with E-state index in [0.29, 0.717) is 25.2 Å². The van der Waals surface area contributed by atoms with Crippen molar-refractivity contribution in [3.8, 4) is 0 Å². The lowest BCUT2D eigenvalue weighted by molar-refractivity contribution is -0.122. The number of aromatic nitrogens is 3. The number of rotatable bonds is 3. The van der Waals surface area contributed by atoms with Gasteiger partial charge in [-0.3, -0.25) is 9.59 Å². The maximum absolute atomic E-state index is 13.6. The number of carbonyl (C=O) groups is 2. The van der Waals surface area contributed by atoms with E-state index in [4.69, 9.17) is 0 Å². The summed E-state index contributed by atoms with van der Waals surface area (Å²) < 4.78 is 15.3. The number of carbonyl (C=O) groups excluding carboxylic acids is 2. The van der Waals surface area contributed by atoms with Gasteiger partial charge in [0.05, 0.1) is 23.9 Å². The van der Waals surface area contributed by atoms with Crippen LogP contribution >= 0.6 is 0 Å². The van der Waals surface area contributed by atoms with Crippen molar-refractivity contribution in [2.75, 3.05) is 10.2 Å². The number of benzene rings is 2. The maximum Gasteiger partial charge on any atom is 0.260 e. The number of nitrogens with zero attached hydrogens (tertiary/aromatic N) is 4. The van der Waals surface area contributed by atoms with Gasteiger partial charge in [0.2, 0.25) is 17.8 Å². The fourth-order valence-electron chi connectivity index (χ4n) is 5.12. The van der Waals surface area contributed by atoms with Gasteiger partial charge in [0, 0.05) is 0 Å². The molecule has 2 amide bonds. The summed E-state index contributed by atoms with van der Waals surface area (Å²) in [6.45, 7) is 0. The van der Waals surface area contributed by atoms with Crippen LogP contribution in [-0.4, -0.2) is 26.6 Å². The lowest BCUT2D eigenvalue weighted by Gasteiger charge is -2.31. The Bertz CT molecular complexity index is 1230. The Labute approximate surface area is 189 Å². The van der Waals surface area contributed by atoms with Crippen molar-refractivity contribution >= 4 is 23.7 Å². The third-order valence-corrected chi connectivity index (χ3v) is 6.84. The van der Waals surface area contributed by atoms with E-state index >= 15 is 0 Å². The molecule has 2 aromatic carbocycles. The van der Waals surface area contributed by atoms with Crippen molar-refractivity contribution in [3.05, 3.63) is 83.7 Å². The number of amides is 2. The van der Waals surface area contributed by atoms with E-state index in [1.165, 1.54) is 12.1 Å². The second-order valence-corrected chi connectivity index (χ2v) is 8.76. The molecule has 3 heterocycles. The third kappa shape index (κ3) is 3.25. The first-order chi connectivity index (χ1) is 16.1. The standard InChI is InChI=1S/C25H22FN5O2/c26-17-12-10-16(11-13-17)21-14-20(15-6-2-1-3-7-15)27-24-28-25(29-31(21)24)30-22(32)18-8-4-5-9-19(18)23(30)33/h1-7,10-13,18-21H,8-9,14H2,(H,27,28,29)/t18-,19+,20-,21+/m1/s1. The molecule has 3 aliphatic rings. The van der Waals surface area contributed by atoms with Crippen LogP contribution in [0.2, 0.25) is 0 Å². The zero-order valence-electron chi connectivity index (χ0n) is 17.8. The number of fused-ring (bicyclic) bond motifs is 2. The molecule has 0 saturated carbocycles. The Morgan fingerprint density at radius 3 is 2.21 bits per heavy atom. The summed E-state index contributed by atoms with van der Waals surface area (Å²) in [4.78, 5) is 31.9. The summed E-state index contributed by atoms with van der Waals surface area (Å²) in [5.74, 6) is -0.903. The quantitative estimate of drug-likeness (QED) is 0.489. The highest BCUT2D eigenvalue weighted by Gasteiger charge is 2.49. The van der Waals surface area contributed by atoms with Crippen LogP contribution in [0, 0.1) is 17.7 Å². The number of anilines is 2. The average molecular weight is 443 g/mol. The average Bonchev–Trinajstić information content (AvgIpc) is 3.38. The van der Waals surface area contributed by atoms with Crippen molar-refractivity contribution in [2.45, 2.75) is 31.3 Å². The van der Waals surface area contributed by atoms with Crippen LogP contribution in [-0.2, 0) is 9.59 Å². The third-order valence-electron chi connectivity index (χ3n) is 6.84. The van der Waals surface area contributed by atoms with E-state index in [1.807, 2.05) is 42.5 Å². The Kier molecular flexibility index (Phi) is 4.60. The molecule has 1 N–H and O–H groups in total. The maximum atomic E-state index is 13.6. The van der Waals surface area contributed by atoms with E-state index in [2.05, 4.69) is 15.4 Å². The second kappa shape index (κ2) is 7.65. The number of imide groups is 1. The minimum absolute atomic E-state index is 0.0532. The van der Waals surface area contributed by atoms with Crippen LogP contribution < -0.4 is 10.2 Å². The molecule has 166 valence electrons. The lowest BCUT2D eigenvalue weighted by Crippen LogP contribution is -2.32. The number of hydrogen-bond acceptors (Lipinski definition) is 5. The van der Waals surface area contributed by atoms with Crippen molar-refractivity contribution < 1.29 is 14.0 Å². The molecule has 4 atom stereocenters. The molecule has 0 spiro atoms. The van der Waals surface area contributed by atoms with Crippen molar-refractivity contribution in [1.29, 1.82) is 0 Å². The molecule has 0 bridgehead atoms. The molecule has 8 heteroatoms. The summed E-state index contributed by atoms with van der Waals surface area (Å²) in [5.41, 5.74) is 1.97. The van der Waals surface area contributed by atoms with Crippen LogP contribution in [0.3, 0.4) is 0 Å². The number of nitrogens with one attached hydrogen (secondary N) is 1. The number of allylic oxidation sites excluding steroid dienone is 2. The first-order valence-corrected chi connectivity index (χ1v) is 11.2. The van der Waals surface area contributed by atoms with Crippen molar-refractivity contribution in [3.63, 3.8) is 0 Å². The Balaban J connectivity index is 1.41. The molecule has 2 aliphatic heterocycles. The zero-order chi connectivity index (χ0) is 22.5. The number of halogens is 1.